The summed E-state index contributed by atoms with van der Waals surface area (Å²) in [7, 11) is 0. The highest BCUT2D eigenvalue weighted by atomic mass is 15.3. The molecule has 20 heavy (non-hydrogen) atoms. The molecule has 0 spiro atoms. The molecule has 0 saturated carbocycles. The van der Waals surface area contributed by atoms with Crippen molar-refractivity contribution >= 4 is 0 Å². The maximum atomic E-state index is 5.38. The summed E-state index contributed by atoms with van der Waals surface area (Å²) in [6.45, 7) is 9.00. The Balaban J connectivity index is 2.64. The SMILES string of the molecule is C#CCn1nc(C)c(-c2c(C)nn(CC#C)c2C)c1C. The molecule has 0 saturated heterocycles. The fourth-order valence-corrected chi connectivity index (χ4v) is 2.60. The van der Waals surface area contributed by atoms with Crippen LogP contribution < -0.4 is 0 Å². The van der Waals surface area contributed by atoms with E-state index in [2.05, 4.69) is 22.0 Å². The number of hydrogen-bond acceptors (Lipinski definition) is 2. The lowest BCUT2D eigenvalue weighted by atomic mass is 10.0. The highest BCUT2D eigenvalue weighted by Crippen LogP contribution is 2.32. The molecule has 0 fully saturated rings. The van der Waals surface area contributed by atoms with E-state index < -0.39 is 0 Å². The van der Waals surface area contributed by atoms with Gasteiger partial charge in [0, 0.05) is 22.5 Å². The van der Waals surface area contributed by atoms with Crippen molar-refractivity contribution in [3.05, 3.63) is 22.8 Å². The zero-order valence-corrected chi connectivity index (χ0v) is 12.4. The standard InChI is InChI=1S/C16H18N4/c1-7-9-19-13(5)15(11(3)17-19)16-12(4)18-20(10-8-2)14(16)6/h1-2H,9-10H2,3-6H3. The second-order valence-corrected chi connectivity index (χ2v) is 4.82. The Morgan fingerprint density at radius 2 is 1.15 bits per heavy atom. The molecule has 0 amide bonds. The number of terminal acetylenes is 2. The normalized spacial score (nSPS) is 10.3. The third-order valence-electron chi connectivity index (χ3n) is 3.50. The van der Waals surface area contributed by atoms with Gasteiger partial charge >= 0.3 is 0 Å². The van der Waals surface area contributed by atoms with E-state index in [1.807, 2.05) is 37.1 Å². The van der Waals surface area contributed by atoms with Crippen LogP contribution in [0.2, 0.25) is 0 Å². The lowest BCUT2D eigenvalue weighted by Gasteiger charge is -2.04. The van der Waals surface area contributed by atoms with Crippen molar-refractivity contribution in [2.24, 2.45) is 0 Å². The first-order chi connectivity index (χ1) is 9.51. The van der Waals surface area contributed by atoms with Gasteiger partial charge in [0.05, 0.1) is 11.4 Å². The minimum Gasteiger partial charge on any atom is -0.257 e. The van der Waals surface area contributed by atoms with Crippen LogP contribution in [0.1, 0.15) is 22.8 Å². The van der Waals surface area contributed by atoms with Gasteiger partial charge < -0.3 is 0 Å². The van der Waals surface area contributed by atoms with E-state index in [9.17, 15) is 0 Å². The quantitative estimate of drug-likeness (QED) is 0.799. The zero-order valence-electron chi connectivity index (χ0n) is 12.4. The van der Waals surface area contributed by atoms with Crippen LogP contribution >= 0.6 is 0 Å². The van der Waals surface area contributed by atoms with E-state index >= 15 is 0 Å². The summed E-state index contributed by atoms with van der Waals surface area (Å²) in [6.07, 6.45) is 10.8. The molecule has 0 N–H and O–H groups in total. The highest BCUT2D eigenvalue weighted by molar-refractivity contribution is 5.73. The van der Waals surface area contributed by atoms with Crippen LogP contribution in [0.5, 0.6) is 0 Å². The number of aryl methyl sites for hydroxylation is 2. The number of hydrogen-bond donors (Lipinski definition) is 0. The van der Waals surface area contributed by atoms with Gasteiger partial charge in [-0.05, 0) is 27.7 Å². The molecule has 2 rings (SSSR count). The molecule has 0 aliphatic heterocycles. The van der Waals surface area contributed by atoms with Crippen LogP contribution in [-0.4, -0.2) is 19.6 Å². The van der Waals surface area contributed by atoms with Crippen LogP contribution in [0.25, 0.3) is 11.1 Å². The summed E-state index contributed by atoms with van der Waals surface area (Å²) in [5.74, 6) is 5.25. The van der Waals surface area contributed by atoms with Gasteiger partial charge in [0.1, 0.15) is 13.1 Å². The molecular formula is C16H18N4. The van der Waals surface area contributed by atoms with Crippen LogP contribution in [0.15, 0.2) is 0 Å². The van der Waals surface area contributed by atoms with E-state index in [1.54, 1.807) is 0 Å². The molecule has 0 aliphatic carbocycles. The van der Waals surface area contributed by atoms with Crippen LogP contribution in [0.4, 0.5) is 0 Å². The van der Waals surface area contributed by atoms with Gasteiger partial charge in [-0.15, -0.1) is 12.8 Å². The predicted octanol–water partition coefficient (Wildman–Crippen LogP) is 2.25. The molecular weight excluding hydrogens is 248 g/mol. The third-order valence-corrected chi connectivity index (χ3v) is 3.50. The van der Waals surface area contributed by atoms with Gasteiger partial charge in [-0.1, -0.05) is 11.8 Å². The Morgan fingerprint density at radius 3 is 1.45 bits per heavy atom. The molecule has 4 nitrogen and oxygen atoms in total. The molecule has 0 aliphatic rings. The first-order valence-electron chi connectivity index (χ1n) is 6.46. The maximum absolute atomic E-state index is 5.38. The predicted molar refractivity (Wildman–Crippen MR) is 80.1 cm³/mol. The molecule has 0 aromatic carbocycles. The lowest BCUT2D eigenvalue weighted by Crippen LogP contribution is -2.01. The molecule has 2 heterocycles. The minimum absolute atomic E-state index is 0.475. The van der Waals surface area contributed by atoms with Gasteiger partial charge in [-0.2, -0.15) is 10.2 Å². The Labute approximate surface area is 119 Å². The Kier molecular flexibility index (Phi) is 3.68. The Morgan fingerprint density at radius 1 is 0.800 bits per heavy atom. The molecule has 4 heteroatoms. The molecule has 0 unspecified atom stereocenters. The van der Waals surface area contributed by atoms with Crippen molar-refractivity contribution in [2.75, 3.05) is 0 Å². The number of rotatable bonds is 3. The van der Waals surface area contributed by atoms with Gasteiger partial charge in [0.15, 0.2) is 0 Å². The van der Waals surface area contributed by atoms with Crippen molar-refractivity contribution < 1.29 is 0 Å². The van der Waals surface area contributed by atoms with Crippen LogP contribution in [-0.2, 0) is 13.1 Å². The zero-order chi connectivity index (χ0) is 14.9. The summed E-state index contributed by atoms with van der Waals surface area (Å²) in [5.41, 5.74) is 6.27. The molecule has 0 bridgehead atoms. The van der Waals surface area contributed by atoms with Crippen molar-refractivity contribution in [1.29, 1.82) is 0 Å². The van der Waals surface area contributed by atoms with E-state index in [4.69, 9.17) is 12.8 Å². The van der Waals surface area contributed by atoms with Crippen LogP contribution in [0.3, 0.4) is 0 Å². The van der Waals surface area contributed by atoms with Gasteiger partial charge in [0.25, 0.3) is 0 Å². The summed E-state index contributed by atoms with van der Waals surface area (Å²) in [5, 5.41) is 9.02. The maximum Gasteiger partial charge on any atom is 0.102 e. The van der Waals surface area contributed by atoms with Crippen molar-refractivity contribution in [3.8, 4) is 35.8 Å². The van der Waals surface area contributed by atoms with Crippen molar-refractivity contribution in [2.45, 2.75) is 40.8 Å². The van der Waals surface area contributed by atoms with Crippen LogP contribution in [0, 0.1) is 52.4 Å². The molecule has 0 radical (unpaired) electrons. The fourth-order valence-electron chi connectivity index (χ4n) is 2.60. The van der Waals surface area contributed by atoms with E-state index in [-0.39, 0.29) is 0 Å². The monoisotopic (exact) mass is 266 g/mol. The first kappa shape index (κ1) is 14.0. The summed E-state index contributed by atoms with van der Waals surface area (Å²) >= 11 is 0. The van der Waals surface area contributed by atoms with Gasteiger partial charge in [-0.25, -0.2) is 0 Å². The topological polar surface area (TPSA) is 35.6 Å². The number of nitrogens with zero attached hydrogens (tertiary/aromatic N) is 4. The third kappa shape index (κ3) is 2.10. The first-order valence-corrected chi connectivity index (χ1v) is 6.46. The second kappa shape index (κ2) is 5.27. The van der Waals surface area contributed by atoms with Crippen molar-refractivity contribution in [3.63, 3.8) is 0 Å². The molecule has 102 valence electrons. The highest BCUT2D eigenvalue weighted by Gasteiger charge is 2.20. The minimum atomic E-state index is 0.475. The molecule has 2 aromatic rings. The summed E-state index contributed by atoms with van der Waals surface area (Å²) in [6, 6.07) is 0. The number of aromatic nitrogens is 4. The fraction of sp³-hybridized carbons (Fsp3) is 0.375. The summed E-state index contributed by atoms with van der Waals surface area (Å²) in [4.78, 5) is 0. The summed E-state index contributed by atoms with van der Waals surface area (Å²) < 4.78 is 3.70. The molecule has 2 aromatic heterocycles. The smallest absolute Gasteiger partial charge is 0.102 e. The van der Waals surface area contributed by atoms with E-state index in [1.165, 1.54) is 0 Å². The second-order valence-electron chi connectivity index (χ2n) is 4.82. The lowest BCUT2D eigenvalue weighted by molar-refractivity contribution is 0.684. The van der Waals surface area contributed by atoms with Crippen molar-refractivity contribution in [1.82, 2.24) is 19.6 Å². The Hall–Kier alpha value is -2.46. The van der Waals surface area contributed by atoms with Gasteiger partial charge in [0.2, 0.25) is 0 Å². The average molecular weight is 266 g/mol. The average Bonchev–Trinajstić information content (AvgIpc) is 2.80. The molecule has 0 atom stereocenters. The van der Waals surface area contributed by atoms with E-state index in [0.717, 1.165) is 33.9 Å². The van der Waals surface area contributed by atoms with E-state index in [0.29, 0.717) is 13.1 Å². The Bertz CT molecular complexity index is 668. The largest absolute Gasteiger partial charge is 0.257 e. The van der Waals surface area contributed by atoms with Gasteiger partial charge in [-0.3, -0.25) is 9.36 Å².